The molecule has 1 aromatic carbocycles. The van der Waals surface area contributed by atoms with Crippen molar-refractivity contribution in [3.63, 3.8) is 0 Å². The number of nitrogens with zero attached hydrogens (tertiary/aromatic N) is 1. The van der Waals surface area contributed by atoms with E-state index in [0.717, 1.165) is 5.56 Å². The Morgan fingerprint density at radius 3 is 2.76 bits per heavy atom. The number of aliphatic carboxylic acids is 1. The zero-order valence-corrected chi connectivity index (χ0v) is 12.6. The third-order valence-corrected chi connectivity index (χ3v) is 3.71. The Balaban J connectivity index is 2.68. The van der Waals surface area contributed by atoms with Crippen molar-refractivity contribution in [2.75, 3.05) is 12.9 Å². The number of carbonyl (C=O) groups is 2. The zero-order chi connectivity index (χ0) is 15.8. The van der Waals surface area contributed by atoms with Gasteiger partial charge in [-0.25, -0.2) is 4.79 Å². The topological polar surface area (TPSA) is 99.4 Å². The maximum Gasteiger partial charge on any atom is 0.327 e. The number of hydrogen-bond donors (Lipinski definition) is 2. The van der Waals surface area contributed by atoms with Gasteiger partial charge in [0.15, 0.2) is 0 Å². The number of thioether (sulfide) groups is 1. The number of benzene rings is 1. The smallest absolute Gasteiger partial charge is 0.327 e. The van der Waals surface area contributed by atoms with E-state index in [0.29, 0.717) is 17.1 Å². The minimum atomic E-state index is -1.07. The van der Waals surface area contributed by atoms with Gasteiger partial charge >= 0.3 is 5.97 Å². The molecule has 0 saturated carbocycles. The Morgan fingerprint density at radius 1 is 1.52 bits per heavy atom. The molecular formula is C14H16N2O4S. The summed E-state index contributed by atoms with van der Waals surface area (Å²) in [6, 6.07) is 6.18. The lowest BCUT2D eigenvalue weighted by atomic mass is 10.1. The largest absolute Gasteiger partial charge is 0.496 e. The summed E-state index contributed by atoms with van der Waals surface area (Å²) in [6.45, 7) is 1.28. The van der Waals surface area contributed by atoms with Gasteiger partial charge in [0.2, 0.25) is 5.91 Å². The Bertz CT molecular complexity index is 569. The molecule has 112 valence electrons. The van der Waals surface area contributed by atoms with Crippen molar-refractivity contribution in [3.05, 3.63) is 29.3 Å². The average molecular weight is 308 g/mol. The van der Waals surface area contributed by atoms with Gasteiger partial charge in [-0.3, -0.25) is 4.79 Å². The number of carboxylic acids is 1. The molecule has 0 saturated heterocycles. The van der Waals surface area contributed by atoms with Crippen LogP contribution in [-0.4, -0.2) is 35.9 Å². The summed E-state index contributed by atoms with van der Waals surface area (Å²) in [5.74, 6) is -0.0907. The van der Waals surface area contributed by atoms with E-state index >= 15 is 0 Å². The lowest BCUT2D eigenvalue weighted by molar-refractivity contribution is -0.140. The highest BCUT2D eigenvalue weighted by atomic mass is 32.2. The number of methoxy groups -OCH3 is 1. The molecule has 0 fully saturated rings. The fraction of sp³-hybridized carbons (Fsp3) is 0.357. The van der Waals surface area contributed by atoms with Crippen molar-refractivity contribution >= 4 is 23.6 Å². The van der Waals surface area contributed by atoms with Crippen molar-refractivity contribution in [3.8, 4) is 11.8 Å². The first kappa shape index (κ1) is 16.9. The first-order valence-corrected chi connectivity index (χ1v) is 7.28. The maximum atomic E-state index is 11.0. The molecule has 0 heterocycles. The summed E-state index contributed by atoms with van der Waals surface area (Å²) in [6.07, 6.45) is 0. The molecule has 0 bridgehead atoms. The quantitative estimate of drug-likeness (QED) is 0.789. The average Bonchev–Trinajstić information content (AvgIpc) is 2.45. The highest BCUT2D eigenvalue weighted by Gasteiger charge is 2.18. The van der Waals surface area contributed by atoms with Crippen LogP contribution in [0, 0.1) is 11.3 Å². The Hall–Kier alpha value is -2.20. The number of rotatable bonds is 7. The van der Waals surface area contributed by atoms with Gasteiger partial charge in [-0.05, 0) is 18.2 Å². The van der Waals surface area contributed by atoms with Gasteiger partial charge in [-0.1, -0.05) is 0 Å². The second kappa shape index (κ2) is 8.17. The van der Waals surface area contributed by atoms with Crippen LogP contribution in [0.4, 0.5) is 0 Å². The van der Waals surface area contributed by atoms with Crippen LogP contribution in [0.1, 0.15) is 18.1 Å². The summed E-state index contributed by atoms with van der Waals surface area (Å²) in [5, 5.41) is 20.3. The van der Waals surface area contributed by atoms with Crippen molar-refractivity contribution in [1.29, 1.82) is 5.26 Å². The van der Waals surface area contributed by atoms with E-state index in [9.17, 15) is 9.59 Å². The number of carbonyl (C=O) groups excluding carboxylic acids is 1. The Labute approximate surface area is 127 Å². The molecule has 1 atom stereocenters. The second-order valence-corrected chi connectivity index (χ2v) is 5.28. The minimum absolute atomic E-state index is 0.231. The second-order valence-electron chi connectivity index (χ2n) is 4.24. The third-order valence-electron chi connectivity index (χ3n) is 2.63. The van der Waals surface area contributed by atoms with Crippen LogP contribution in [0.5, 0.6) is 5.75 Å². The molecule has 7 heteroatoms. The summed E-state index contributed by atoms with van der Waals surface area (Å²) in [7, 11) is 1.53. The van der Waals surface area contributed by atoms with Crippen molar-refractivity contribution < 1.29 is 19.4 Å². The molecule has 0 aliphatic rings. The monoisotopic (exact) mass is 308 g/mol. The molecule has 1 amide bonds. The first-order chi connectivity index (χ1) is 9.97. The summed E-state index contributed by atoms with van der Waals surface area (Å²) < 4.78 is 5.21. The SMILES string of the molecule is COc1ccc(C#N)cc1CSC[C@H](NC(C)=O)C(=O)O. The molecule has 0 aliphatic carbocycles. The number of nitrogens with one attached hydrogen (secondary N) is 1. The van der Waals surface area contributed by atoms with Gasteiger partial charge in [0.05, 0.1) is 18.7 Å². The van der Waals surface area contributed by atoms with Gasteiger partial charge in [0.1, 0.15) is 11.8 Å². The summed E-state index contributed by atoms with van der Waals surface area (Å²) in [4.78, 5) is 21.9. The highest BCUT2D eigenvalue weighted by molar-refractivity contribution is 7.98. The van der Waals surface area contributed by atoms with Gasteiger partial charge in [0, 0.05) is 24.0 Å². The number of carboxylic acid groups (broad SMARTS) is 1. The van der Waals surface area contributed by atoms with Crippen molar-refractivity contribution in [2.24, 2.45) is 0 Å². The Morgan fingerprint density at radius 2 is 2.24 bits per heavy atom. The maximum absolute atomic E-state index is 11.0. The van der Waals surface area contributed by atoms with Crippen LogP contribution in [0.3, 0.4) is 0 Å². The van der Waals surface area contributed by atoms with Gasteiger partial charge in [-0.2, -0.15) is 17.0 Å². The van der Waals surface area contributed by atoms with Crippen LogP contribution in [0.25, 0.3) is 0 Å². The number of amides is 1. The molecule has 2 N–H and O–H groups in total. The van der Waals surface area contributed by atoms with Gasteiger partial charge in [0.25, 0.3) is 0 Å². The predicted molar refractivity (Wildman–Crippen MR) is 79.1 cm³/mol. The zero-order valence-electron chi connectivity index (χ0n) is 11.8. The fourth-order valence-electron chi connectivity index (χ4n) is 1.67. The molecule has 0 aliphatic heterocycles. The summed E-state index contributed by atoms with van der Waals surface area (Å²) >= 11 is 1.35. The van der Waals surface area contributed by atoms with E-state index < -0.39 is 12.0 Å². The normalized spacial score (nSPS) is 11.3. The van der Waals surface area contributed by atoms with Gasteiger partial charge in [-0.15, -0.1) is 0 Å². The van der Waals surface area contributed by atoms with Crippen molar-refractivity contribution in [1.82, 2.24) is 5.32 Å². The molecule has 0 aromatic heterocycles. The van der Waals surface area contributed by atoms with Crippen LogP contribution in [-0.2, 0) is 15.3 Å². The Kier molecular flexibility index (Phi) is 6.56. The number of hydrogen-bond acceptors (Lipinski definition) is 5. The fourth-order valence-corrected chi connectivity index (χ4v) is 2.69. The first-order valence-electron chi connectivity index (χ1n) is 6.12. The van der Waals surface area contributed by atoms with E-state index in [2.05, 4.69) is 5.32 Å². The lowest BCUT2D eigenvalue weighted by Gasteiger charge is -2.13. The predicted octanol–water partition coefficient (Wildman–Crippen LogP) is 1.39. The molecule has 6 nitrogen and oxygen atoms in total. The lowest BCUT2D eigenvalue weighted by Crippen LogP contribution is -2.41. The highest BCUT2D eigenvalue weighted by Crippen LogP contribution is 2.24. The number of nitriles is 1. The number of ether oxygens (including phenoxy) is 1. The van der Waals surface area contributed by atoms with Gasteiger partial charge < -0.3 is 15.2 Å². The van der Waals surface area contributed by atoms with Crippen molar-refractivity contribution in [2.45, 2.75) is 18.7 Å². The van der Waals surface area contributed by atoms with Crippen LogP contribution >= 0.6 is 11.8 Å². The van der Waals surface area contributed by atoms with Crippen LogP contribution < -0.4 is 10.1 Å². The van der Waals surface area contributed by atoms with E-state index in [1.54, 1.807) is 18.2 Å². The summed E-state index contributed by atoms with van der Waals surface area (Å²) in [5.41, 5.74) is 1.33. The van der Waals surface area contributed by atoms with Crippen LogP contribution in [0.2, 0.25) is 0 Å². The molecular weight excluding hydrogens is 292 g/mol. The molecule has 0 radical (unpaired) electrons. The van der Waals surface area contributed by atoms with Crippen LogP contribution in [0.15, 0.2) is 18.2 Å². The molecule has 21 heavy (non-hydrogen) atoms. The third kappa shape index (κ3) is 5.36. The molecule has 1 rings (SSSR count). The van der Waals surface area contributed by atoms with E-state index in [-0.39, 0.29) is 11.7 Å². The van der Waals surface area contributed by atoms with E-state index in [1.165, 1.54) is 25.8 Å². The van der Waals surface area contributed by atoms with E-state index in [4.69, 9.17) is 15.1 Å². The van der Waals surface area contributed by atoms with E-state index in [1.807, 2.05) is 6.07 Å². The molecule has 0 unspecified atom stereocenters. The standard InChI is InChI=1S/C14H16N2O4S/c1-9(17)16-12(14(18)19)8-21-7-11-5-10(6-15)3-4-13(11)20-2/h3-5,12H,7-8H2,1-2H3,(H,16,17)(H,18,19)/t12-/m0/s1. The molecule has 1 aromatic rings. The minimum Gasteiger partial charge on any atom is -0.496 e. The molecule has 0 spiro atoms.